The second-order valence-electron chi connectivity index (χ2n) is 3.38. The summed E-state index contributed by atoms with van der Waals surface area (Å²) >= 11 is 0. The Morgan fingerprint density at radius 3 is 2.73 bits per heavy atom. The van der Waals surface area contributed by atoms with Crippen LogP contribution in [0.5, 0.6) is 0 Å². The fraction of sp³-hybridized carbons (Fsp3) is 0.333. The van der Waals surface area contributed by atoms with E-state index in [0.29, 0.717) is 6.54 Å². The molecule has 3 heteroatoms. The minimum absolute atomic E-state index is 0.201. The van der Waals surface area contributed by atoms with Crippen molar-refractivity contribution < 1.29 is 4.79 Å². The van der Waals surface area contributed by atoms with Crippen LogP contribution in [-0.4, -0.2) is 12.5 Å². The van der Waals surface area contributed by atoms with Gasteiger partial charge in [0.25, 0.3) is 0 Å². The van der Waals surface area contributed by atoms with Crippen molar-refractivity contribution in [2.24, 2.45) is 5.92 Å². The Balaban J connectivity index is 2.29. The molecule has 0 aromatic heterocycles. The van der Waals surface area contributed by atoms with E-state index in [9.17, 15) is 4.79 Å². The second kappa shape index (κ2) is 5.82. The first-order valence-electron chi connectivity index (χ1n) is 4.95. The minimum atomic E-state index is -0.569. The molecule has 78 valence electrons. The summed E-state index contributed by atoms with van der Waals surface area (Å²) in [5.41, 5.74) is 1.18. The van der Waals surface area contributed by atoms with Crippen LogP contribution < -0.4 is 5.32 Å². The van der Waals surface area contributed by atoms with E-state index in [1.807, 2.05) is 36.4 Å². The summed E-state index contributed by atoms with van der Waals surface area (Å²) in [7, 11) is 0. The van der Waals surface area contributed by atoms with Gasteiger partial charge in [0.2, 0.25) is 5.91 Å². The van der Waals surface area contributed by atoms with E-state index in [0.717, 1.165) is 6.42 Å². The largest absolute Gasteiger partial charge is 0.355 e. The molecule has 0 spiro atoms. The summed E-state index contributed by atoms with van der Waals surface area (Å²) in [5.74, 6) is -0.769. The molecule has 0 aliphatic carbocycles. The van der Waals surface area contributed by atoms with E-state index >= 15 is 0 Å². The standard InChI is InChI=1S/C12H14N2O/c1-10(9-13)12(15)14-8-7-11-5-3-2-4-6-11/h2-6,10H,7-8H2,1H3,(H,14,15). The van der Waals surface area contributed by atoms with Gasteiger partial charge in [-0.25, -0.2) is 0 Å². The topological polar surface area (TPSA) is 52.9 Å². The highest BCUT2D eigenvalue weighted by Crippen LogP contribution is 1.98. The van der Waals surface area contributed by atoms with Crippen molar-refractivity contribution in [3.05, 3.63) is 35.9 Å². The van der Waals surface area contributed by atoms with Crippen LogP contribution in [0.1, 0.15) is 12.5 Å². The van der Waals surface area contributed by atoms with E-state index in [4.69, 9.17) is 5.26 Å². The van der Waals surface area contributed by atoms with Crippen molar-refractivity contribution in [1.82, 2.24) is 5.32 Å². The summed E-state index contributed by atoms with van der Waals surface area (Å²) in [5, 5.41) is 11.2. The highest BCUT2D eigenvalue weighted by atomic mass is 16.1. The van der Waals surface area contributed by atoms with Gasteiger partial charge in [-0.05, 0) is 18.9 Å². The first kappa shape index (κ1) is 11.3. The van der Waals surface area contributed by atoms with Crippen molar-refractivity contribution in [3.8, 4) is 6.07 Å². The molecule has 1 aromatic carbocycles. The average molecular weight is 202 g/mol. The Morgan fingerprint density at radius 2 is 2.13 bits per heavy atom. The monoisotopic (exact) mass is 202 g/mol. The number of amides is 1. The molecule has 0 bridgehead atoms. The van der Waals surface area contributed by atoms with Gasteiger partial charge in [-0.1, -0.05) is 30.3 Å². The summed E-state index contributed by atoms with van der Waals surface area (Å²) in [6.45, 7) is 2.17. The predicted octanol–water partition coefficient (Wildman–Crippen LogP) is 1.50. The van der Waals surface area contributed by atoms with Gasteiger partial charge in [-0.2, -0.15) is 5.26 Å². The van der Waals surface area contributed by atoms with Crippen LogP contribution >= 0.6 is 0 Å². The number of carbonyl (C=O) groups excluding carboxylic acids is 1. The van der Waals surface area contributed by atoms with Crippen molar-refractivity contribution in [1.29, 1.82) is 5.26 Å². The summed E-state index contributed by atoms with van der Waals surface area (Å²) in [6, 6.07) is 11.8. The zero-order chi connectivity index (χ0) is 11.1. The van der Waals surface area contributed by atoms with Gasteiger partial charge in [0.15, 0.2) is 0 Å². The maximum atomic E-state index is 11.2. The predicted molar refractivity (Wildman–Crippen MR) is 57.9 cm³/mol. The molecule has 1 aromatic rings. The number of nitrogens with one attached hydrogen (secondary N) is 1. The Bertz CT molecular complexity index is 354. The molecular formula is C12H14N2O. The molecular weight excluding hydrogens is 188 g/mol. The fourth-order valence-electron chi connectivity index (χ4n) is 1.19. The van der Waals surface area contributed by atoms with Crippen LogP contribution in [0.25, 0.3) is 0 Å². The Morgan fingerprint density at radius 1 is 1.47 bits per heavy atom. The maximum absolute atomic E-state index is 11.2. The van der Waals surface area contributed by atoms with E-state index in [2.05, 4.69) is 5.32 Å². The van der Waals surface area contributed by atoms with Crippen LogP contribution in [0.15, 0.2) is 30.3 Å². The highest BCUT2D eigenvalue weighted by molar-refractivity contribution is 5.80. The first-order chi connectivity index (χ1) is 7.24. The molecule has 1 N–H and O–H groups in total. The van der Waals surface area contributed by atoms with Crippen LogP contribution in [0.2, 0.25) is 0 Å². The summed E-state index contributed by atoms with van der Waals surface area (Å²) < 4.78 is 0. The molecule has 0 aliphatic rings. The molecule has 0 fully saturated rings. The number of hydrogen-bond donors (Lipinski definition) is 1. The lowest BCUT2D eigenvalue weighted by molar-refractivity contribution is -0.122. The summed E-state index contributed by atoms with van der Waals surface area (Å²) in [6.07, 6.45) is 0.796. The first-order valence-corrected chi connectivity index (χ1v) is 4.95. The fourth-order valence-corrected chi connectivity index (χ4v) is 1.19. The molecule has 0 aliphatic heterocycles. The lowest BCUT2D eigenvalue weighted by atomic mass is 10.1. The zero-order valence-corrected chi connectivity index (χ0v) is 8.73. The smallest absolute Gasteiger partial charge is 0.237 e. The number of carbonyl (C=O) groups is 1. The molecule has 0 saturated heterocycles. The van der Waals surface area contributed by atoms with Crippen molar-refractivity contribution in [3.63, 3.8) is 0 Å². The van der Waals surface area contributed by atoms with E-state index in [-0.39, 0.29) is 5.91 Å². The molecule has 1 atom stereocenters. The molecule has 0 radical (unpaired) electrons. The lowest BCUT2D eigenvalue weighted by Crippen LogP contribution is -2.30. The molecule has 0 heterocycles. The number of benzene rings is 1. The Labute approximate surface area is 89.7 Å². The maximum Gasteiger partial charge on any atom is 0.237 e. The molecule has 0 saturated carbocycles. The zero-order valence-electron chi connectivity index (χ0n) is 8.73. The third-order valence-corrected chi connectivity index (χ3v) is 2.14. The van der Waals surface area contributed by atoms with Gasteiger partial charge in [0.05, 0.1) is 6.07 Å². The third-order valence-electron chi connectivity index (χ3n) is 2.14. The highest BCUT2D eigenvalue weighted by Gasteiger charge is 2.09. The van der Waals surface area contributed by atoms with Crippen LogP contribution in [0.4, 0.5) is 0 Å². The van der Waals surface area contributed by atoms with Crippen LogP contribution in [0, 0.1) is 17.2 Å². The Kier molecular flexibility index (Phi) is 4.36. The normalized spacial score (nSPS) is 11.5. The van der Waals surface area contributed by atoms with Gasteiger partial charge in [-0.3, -0.25) is 4.79 Å². The SMILES string of the molecule is CC(C#N)C(=O)NCCc1ccccc1. The number of nitriles is 1. The molecule has 15 heavy (non-hydrogen) atoms. The quantitative estimate of drug-likeness (QED) is 0.804. The van der Waals surface area contributed by atoms with E-state index in [1.54, 1.807) is 6.92 Å². The van der Waals surface area contributed by atoms with Crippen molar-refractivity contribution in [2.75, 3.05) is 6.54 Å². The van der Waals surface area contributed by atoms with Crippen LogP contribution in [-0.2, 0) is 11.2 Å². The third kappa shape index (κ3) is 3.82. The minimum Gasteiger partial charge on any atom is -0.355 e. The number of nitrogens with zero attached hydrogens (tertiary/aromatic N) is 1. The van der Waals surface area contributed by atoms with Gasteiger partial charge < -0.3 is 5.32 Å². The average Bonchev–Trinajstić information content (AvgIpc) is 2.29. The number of rotatable bonds is 4. The van der Waals surface area contributed by atoms with Gasteiger partial charge in [-0.15, -0.1) is 0 Å². The van der Waals surface area contributed by atoms with Gasteiger partial charge >= 0.3 is 0 Å². The molecule has 3 nitrogen and oxygen atoms in total. The molecule has 1 unspecified atom stereocenters. The molecule has 1 rings (SSSR count). The van der Waals surface area contributed by atoms with Crippen molar-refractivity contribution >= 4 is 5.91 Å². The lowest BCUT2D eigenvalue weighted by Gasteiger charge is -2.05. The van der Waals surface area contributed by atoms with E-state index in [1.165, 1.54) is 5.56 Å². The number of hydrogen-bond acceptors (Lipinski definition) is 2. The van der Waals surface area contributed by atoms with Crippen LogP contribution in [0.3, 0.4) is 0 Å². The summed E-state index contributed by atoms with van der Waals surface area (Å²) in [4.78, 5) is 11.2. The van der Waals surface area contributed by atoms with E-state index < -0.39 is 5.92 Å². The van der Waals surface area contributed by atoms with Gasteiger partial charge in [0.1, 0.15) is 5.92 Å². The Hall–Kier alpha value is -1.82. The molecule has 1 amide bonds. The van der Waals surface area contributed by atoms with Gasteiger partial charge in [0, 0.05) is 6.54 Å². The van der Waals surface area contributed by atoms with Crippen molar-refractivity contribution in [2.45, 2.75) is 13.3 Å². The second-order valence-corrected chi connectivity index (χ2v) is 3.38.